The van der Waals surface area contributed by atoms with Crippen molar-refractivity contribution in [3.05, 3.63) is 77.3 Å². The van der Waals surface area contributed by atoms with Gasteiger partial charge in [0.15, 0.2) is 11.0 Å². The van der Waals surface area contributed by atoms with Crippen LogP contribution in [-0.2, 0) is 24.3 Å². The first-order valence-electron chi connectivity index (χ1n) is 9.89. The lowest BCUT2D eigenvalue weighted by Gasteiger charge is -2.30. The first-order chi connectivity index (χ1) is 14.6. The Morgan fingerprint density at radius 1 is 1.20 bits per heavy atom. The molecule has 154 valence electrons. The van der Waals surface area contributed by atoms with E-state index in [0.717, 1.165) is 24.4 Å². The minimum atomic E-state index is -0.263. The predicted molar refractivity (Wildman–Crippen MR) is 122 cm³/mol. The third-order valence-corrected chi connectivity index (χ3v) is 6.52. The Balaban J connectivity index is 1.51. The lowest BCUT2D eigenvalue weighted by molar-refractivity contribution is -0.131. The van der Waals surface area contributed by atoms with Crippen LogP contribution in [0.4, 0.5) is 0 Å². The molecule has 1 atom stereocenters. The molecule has 1 aliphatic heterocycles. The van der Waals surface area contributed by atoms with Crippen molar-refractivity contribution in [2.24, 2.45) is 0 Å². The quantitative estimate of drug-likeness (QED) is 0.407. The number of nitrogens with zero attached hydrogens (tertiary/aromatic N) is 4. The van der Waals surface area contributed by atoms with Gasteiger partial charge in [-0.25, -0.2) is 0 Å². The fourth-order valence-corrected chi connectivity index (χ4v) is 4.70. The molecule has 0 saturated heterocycles. The molecule has 30 heavy (non-hydrogen) atoms. The van der Waals surface area contributed by atoms with Crippen LogP contribution in [0.2, 0.25) is 5.02 Å². The van der Waals surface area contributed by atoms with Crippen LogP contribution in [0.1, 0.15) is 18.1 Å². The van der Waals surface area contributed by atoms with Crippen LogP contribution in [0.25, 0.3) is 11.4 Å². The van der Waals surface area contributed by atoms with Gasteiger partial charge >= 0.3 is 0 Å². The third-order valence-electron chi connectivity index (χ3n) is 5.20. The number of amides is 1. The van der Waals surface area contributed by atoms with Crippen LogP contribution in [0.15, 0.2) is 66.3 Å². The third kappa shape index (κ3) is 4.30. The molecule has 0 bridgehead atoms. The Bertz CT molecular complexity index is 1060. The van der Waals surface area contributed by atoms with E-state index in [2.05, 4.69) is 35.0 Å². The Kier molecular flexibility index (Phi) is 6.25. The van der Waals surface area contributed by atoms with Gasteiger partial charge in [0, 0.05) is 30.2 Å². The summed E-state index contributed by atoms with van der Waals surface area (Å²) < 4.78 is 1.98. The molecule has 2 heterocycles. The van der Waals surface area contributed by atoms with Gasteiger partial charge in [0.05, 0.1) is 5.25 Å². The fourth-order valence-electron chi connectivity index (χ4n) is 3.63. The van der Waals surface area contributed by atoms with Gasteiger partial charge in [-0.3, -0.25) is 9.36 Å². The van der Waals surface area contributed by atoms with E-state index < -0.39 is 0 Å². The molecule has 1 aromatic heterocycles. The zero-order valence-electron chi connectivity index (χ0n) is 16.8. The molecule has 4 rings (SSSR count). The van der Waals surface area contributed by atoms with Gasteiger partial charge < -0.3 is 4.90 Å². The predicted octanol–water partition coefficient (Wildman–Crippen LogP) is 4.85. The normalized spacial score (nSPS) is 14.3. The summed E-state index contributed by atoms with van der Waals surface area (Å²) in [6.45, 7) is 7.75. The van der Waals surface area contributed by atoms with Crippen molar-refractivity contribution in [1.29, 1.82) is 0 Å². The van der Waals surface area contributed by atoms with E-state index in [-0.39, 0.29) is 11.2 Å². The molecular formula is C23H23ClN4OS. The number of hydrogen-bond acceptors (Lipinski definition) is 4. The van der Waals surface area contributed by atoms with Gasteiger partial charge in [-0.05, 0) is 48.7 Å². The number of aromatic nitrogens is 3. The fraction of sp³-hybridized carbons (Fsp3) is 0.261. The molecule has 5 nitrogen and oxygen atoms in total. The zero-order chi connectivity index (χ0) is 21.1. The molecule has 0 aliphatic carbocycles. The molecule has 2 aromatic carbocycles. The van der Waals surface area contributed by atoms with E-state index in [9.17, 15) is 4.79 Å². The molecule has 0 N–H and O–H groups in total. The van der Waals surface area contributed by atoms with E-state index in [1.165, 1.54) is 22.9 Å². The molecule has 0 spiro atoms. The summed E-state index contributed by atoms with van der Waals surface area (Å²) in [6.07, 6.45) is 2.70. The molecule has 1 unspecified atom stereocenters. The second kappa shape index (κ2) is 9.06. The van der Waals surface area contributed by atoms with E-state index in [4.69, 9.17) is 11.6 Å². The number of carbonyl (C=O) groups excluding carboxylic acids is 1. The van der Waals surface area contributed by atoms with E-state index in [0.29, 0.717) is 23.3 Å². The van der Waals surface area contributed by atoms with Crippen LogP contribution >= 0.6 is 23.4 Å². The molecule has 7 heteroatoms. The highest BCUT2D eigenvalue weighted by Gasteiger charge is 2.27. The van der Waals surface area contributed by atoms with Crippen molar-refractivity contribution >= 4 is 29.3 Å². The summed E-state index contributed by atoms with van der Waals surface area (Å²) in [6, 6.07) is 15.8. The standard InChI is InChI=1S/C23H23ClN4OS/c1-3-13-28-21(18-8-10-20(24)11-9-18)25-26-23(28)30-16(2)22(29)27-14-12-17-6-4-5-7-19(17)15-27/h3-11,16H,1,12-15H2,2H3. The maximum atomic E-state index is 13.1. The lowest BCUT2D eigenvalue weighted by atomic mass is 10.00. The SMILES string of the molecule is C=CCn1c(SC(C)C(=O)N2CCc3ccccc3C2)nnc1-c1ccc(Cl)cc1. The topological polar surface area (TPSA) is 51.0 Å². The maximum Gasteiger partial charge on any atom is 0.236 e. The smallest absolute Gasteiger partial charge is 0.236 e. The Morgan fingerprint density at radius 3 is 2.67 bits per heavy atom. The van der Waals surface area contributed by atoms with Crippen molar-refractivity contribution < 1.29 is 4.79 Å². The van der Waals surface area contributed by atoms with E-state index in [1.54, 1.807) is 6.08 Å². The Labute approximate surface area is 185 Å². The molecule has 3 aromatic rings. The van der Waals surface area contributed by atoms with Crippen molar-refractivity contribution in [1.82, 2.24) is 19.7 Å². The van der Waals surface area contributed by atoms with Crippen LogP contribution in [0, 0.1) is 0 Å². The first-order valence-corrected chi connectivity index (χ1v) is 11.1. The lowest BCUT2D eigenvalue weighted by Crippen LogP contribution is -2.40. The van der Waals surface area contributed by atoms with Crippen LogP contribution in [0.3, 0.4) is 0 Å². The van der Waals surface area contributed by atoms with Gasteiger partial charge in [0.1, 0.15) is 0 Å². The zero-order valence-corrected chi connectivity index (χ0v) is 18.4. The second-order valence-corrected chi connectivity index (χ2v) is 9.00. The van der Waals surface area contributed by atoms with Crippen molar-refractivity contribution in [3.63, 3.8) is 0 Å². The van der Waals surface area contributed by atoms with Gasteiger partial charge in [-0.1, -0.05) is 53.7 Å². The average Bonchev–Trinajstić information content (AvgIpc) is 3.15. The number of fused-ring (bicyclic) bond motifs is 1. The van der Waals surface area contributed by atoms with Crippen LogP contribution < -0.4 is 0 Å². The number of halogens is 1. The first kappa shape index (κ1) is 20.7. The highest BCUT2D eigenvalue weighted by molar-refractivity contribution is 8.00. The monoisotopic (exact) mass is 438 g/mol. The molecule has 0 radical (unpaired) electrons. The highest BCUT2D eigenvalue weighted by Crippen LogP contribution is 2.29. The second-order valence-electron chi connectivity index (χ2n) is 7.25. The summed E-state index contributed by atoms with van der Waals surface area (Å²) in [5, 5.41) is 9.84. The minimum absolute atomic E-state index is 0.121. The minimum Gasteiger partial charge on any atom is -0.337 e. The summed E-state index contributed by atoms with van der Waals surface area (Å²) in [5.41, 5.74) is 3.49. The van der Waals surface area contributed by atoms with Gasteiger partial charge in [0.2, 0.25) is 5.91 Å². The number of benzene rings is 2. The van der Waals surface area contributed by atoms with Gasteiger partial charge in [-0.15, -0.1) is 16.8 Å². The number of thioether (sulfide) groups is 1. The molecule has 1 aliphatic rings. The Hall–Kier alpha value is -2.57. The number of rotatable bonds is 6. The number of hydrogen-bond donors (Lipinski definition) is 0. The van der Waals surface area contributed by atoms with Crippen LogP contribution in [0.5, 0.6) is 0 Å². The highest BCUT2D eigenvalue weighted by atomic mass is 35.5. The summed E-state index contributed by atoms with van der Waals surface area (Å²) in [5.74, 6) is 0.858. The molecule has 0 fully saturated rings. The largest absolute Gasteiger partial charge is 0.337 e. The van der Waals surface area contributed by atoms with E-state index in [1.807, 2.05) is 46.7 Å². The van der Waals surface area contributed by atoms with Crippen molar-refractivity contribution in [2.75, 3.05) is 6.54 Å². The van der Waals surface area contributed by atoms with Crippen LogP contribution in [-0.4, -0.2) is 37.4 Å². The molecule has 0 saturated carbocycles. The van der Waals surface area contributed by atoms with Crippen molar-refractivity contribution in [2.45, 2.75) is 36.8 Å². The Morgan fingerprint density at radius 2 is 1.93 bits per heavy atom. The summed E-state index contributed by atoms with van der Waals surface area (Å²) in [4.78, 5) is 15.0. The average molecular weight is 439 g/mol. The summed E-state index contributed by atoms with van der Waals surface area (Å²) >= 11 is 7.45. The van der Waals surface area contributed by atoms with Crippen molar-refractivity contribution in [3.8, 4) is 11.4 Å². The van der Waals surface area contributed by atoms with E-state index >= 15 is 0 Å². The molecule has 1 amide bonds. The molecular weight excluding hydrogens is 416 g/mol. The maximum absolute atomic E-state index is 13.1. The number of carbonyl (C=O) groups is 1. The van der Waals surface area contributed by atoms with Gasteiger partial charge in [0.25, 0.3) is 0 Å². The number of allylic oxidation sites excluding steroid dienone is 1. The van der Waals surface area contributed by atoms with Gasteiger partial charge in [-0.2, -0.15) is 0 Å². The summed E-state index contributed by atoms with van der Waals surface area (Å²) in [7, 11) is 0.